The van der Waals surface area contributed by atoms with Crippen LogP contribution in [-0.2, 0) is 16.0 Å². The minimum Gasteiger partial charge on any atom is -0.480 e. The zero-order valence-corrected chi connectivity index (χ0v) is 12.6. The van der Waals surface area contributed by atoms with E-state index in [0.717, 1.165) is 5.69 Å². The molecule has 0 aliphatic heterocycles. The fourth-order valence-electron chi connectivity index (χ4n) is 2.21. The lowest BCUT2D eigenvalue weighted by Gasteiger charge is -2.22. The largest absolute Gasteiger partial charge is 0.480 e. The van der Waals surface area contributed by atoms with Gasteiger partial charge in [-0.3, -0.25) is 9.59 Å². The molecule has 2 N–H and O–H groups in total. The Kier molecular flexibility index (Phi) is 4.51. The average molecular weight is 323 g/mol. The molecule has 0 unspecified atom stereocenters. The molecule has 2 aromatic rings. The summed E-state index contributed by atoms with van der Waals surface area (Å²) in [5.41, 5.74) is -0.543. The summed E-state index contributed by atoms with van der Waals surface area (Å²) < 4.78 is 1.55. The van der Waals surface area contributed by atoms with Crippen molar-refractivity contribution in [2.24, 2.45) is 5.41 Å². The van der Waals surface area contributed by atoms with Gasteiger partial charge in [0.2, 0.25) is 0 Å². The highest BCUT2D eigenvalue weighted by molar-refractivity contribution is 6.30. The molecule has 116 valence electrons. The van der Waals surface area contributed by atoms with Crippen LogP contribution >= 0.6 is 11.6 Å². The lowest BCUT2D eigenvalue weighted by Crippen LogP contribution is -2.40. The molecule has 1 heterocycles. The molecular weight excluding hydrogens is 308 g/mol. The molecule has 0 saturated carbocycles. The number of hydrogen-bond donors (Lipinski definition) is 2. The fourth-order valence-corrected chi connectivity index (χ4v) is 2.33. The van der Waals surface area contributed by atoms with Crippen molar-refractivity contribution in [3.8, 4) is 5.69 Å². The zero-order valence-electron chi connectivity index (χ0n) is 11.9. The summed E-state index contributed by atoms with van der Waals surface area (Å²) in [5.74, 6) is -2.69. The van der Waals surface area contributed by atoms with Crippen molar-refractivity contribution < 1.29 is 19.8 Å². The predicted octanol–water partition coefficient (Wildman–Crippen LogP) is 2.63. The van der Waals surface area contributed by atoms with E-state index in [2.05, 4.69) is 5.10 Å². The van der Waals surface area contributed by atoms with Crippen LogP contribution in [0.25, 0.3) is 5.69 Å². The number of benzene rings is 1. The standard InChI is InChI=1S/C15H15ClN2O4/c1-2-15(13(19)20,14(21)22)7-10-8-17-18(9-10)12-5-3-11(16)4-6-12/h3-6,8-9H,2,7H2,1H3,(H,19,20)(H,21,22). The zero-order chi connectivity index (χ0) is 16.3. The van der Waals surface area contributed by atoms with E-state index in [1.54, 1.807) is 42.1 Å². The Morgan fingerprint density at radius 2 is 1.82 bits per heavy atom. The molecular formula is C15H15ClN2O4. The maximum absolute atomic E-state index is 11.4. The van der Waals surface area contributed by atoms with Crippen molar-refractivity contribution >= 4 is 23.5 Å². The Morgan fingerprint density at radius 3 is 2.32 bits per heavy atom. The molecule has 2 rings (SSSR count). The van der Waals surface area contributed by atoms with E-state index in [1.165, 1.54) is 6.20 Å². The second-order valence-electron chi connectivity index (χ2n) is 4.99. The van der Waals surface area contributed by atoms with Gasteiger partial charge in [0.25, 0.3) is 0 Å². The monoisotopic (exact) mass is 322 g/mol. The highest BCUT2D eigenvalue weighted by Crippen LogP contribution is 2.28. The number of hydrogen-bond acceptors (Lipinski definition) is 3. The van der Waals surface area contributed by atoms with Gasteiger partial charge in [-0.1, -0.05) is 18.5 Å². The number of aromatic nitrogens is 2. The third kappa shape index (κ3) is 2.96. The van der Waals surface area contributed by atoms with Gasteiger partial charge < -0.3 is 10.2 Å². The minimum absolute atomic E-state index is 0.0101. The molecule has 1 aromatic carbocycles. The summed E-state index contributed by atoms with van der Waals surface area (Å²) in [7, 11) is 0. The van der Waals surface area contributed by atoms with E-state index in [4.69, 9.17) is 11.6 Å². The Balaban J connectivity index is 2.29. The minimum atomic E-state index is -1.84. The third-order valence-corrected chi connectivity index (χ3v) is 3.91. The number of nitrogens with zero attached hydrogens (tertiary/aromatic N) is 2. The first-order valence-electron chi connectivity index (χ1n) is 6.65. The number of carboxylic acid groups (broad SMARTS) is 2. The number of aliphatic carboxylic acids is 2. The number of carbonyl (C=O) groups is 2. The van der Waals surface area contributed by atoms with Crippen molar-refractivity contribution in [3.05, 3.63) is 47.2 Å². The molecule has 0 atom stereocenters. The summed E-state index contributed by atoms with van der Waals surface area (Å²) in [5, 5.41) is 23.3. The van der Waals surface area contributed by atoms with Crippen molar-refractivity contribution in [3.63, 3.8) is 0 Å². The second kappa shape index (κ2) is 6.19. The first kappa shape index (κ1) is 16.0. The molecule has 0 spiro atoms. The third-order valence-electron chi connectivity index (χ3n) is 3.66. The lowest BCUT2D eigenvalue weighted by molar-refractivity contribution is -0.164. The van der Waals surface area contributed by atoms with Crippen LogP contribution in [0.1, 0.15) is 18.9 Å². The molecule has 0 radical (unpaired) electrons. The first-order valence-corrected chi connectivity index (χ1v) is 7.03. The van der Waals surface area contributed by atoms with E-state index >= 15 is 0 Å². The van der Waals surface area contributed by atoms with E-state index in [0.29, 0.717) is 10.6 Å². The summed E-state index contributed by atoms with van der Waals surface area (Å²) in [6.45, 7) is 1.55. The van der Waals surface area contributed by atoms with Crippen LogP contribution in [0.2, 0.25) is 5.02 Å². The summed E-state index contributed by atoms with van der Waals surface area (Å²) in [4.78, 5) is 22.8. The van der Waals surface area contributed by atoms with Crippen LogP contribution in [0.4, 0.5) is 0 Å². The Hall–Kier alpha value is -2.34. The van der Waals surface area contributed by atoms with Crippen molar-refractivity contribution in [1.82, 2.24) is 9.78 Å². The topological polar surface area (TPSA) is 92.4 Å². The number of rotatable bonds is 6. The van der Waals surface area contributed by atoms with Gasteiger partial charge in [-0.25, -0.2) is 4.68 Å². The van der Waals surface area contributed by atoms with Crippen molar-refractivity contribution in [1.29, 1.82) is 0 Å². The molecule has 7 heteroatoms. The highest BCUT2D eigenvalue weighted by Gasteiger charge is 2.45. The normalized spacial score (nSPS) is 11.4. The summed E-state index contributed by atoms with van der Waals surface area (Å²) >= 11 is 5.82. The second-order valence-corrected chi connectivity index (χ2v) is 5.43. The lowest BCUT2D eigenvalue weighted by atomic mass is 9.80. The van der Waals surface area contributed by atoms with Gasteiger partial charge in [0.1, 0.15) is 0 Å². The molecule has 0 bridgehead atoms. The van der Waals surface area contributed by atoms with E-state index < -0.39 is 17.4 Å². The van der Waals surface area contributed by atoms with Crippen molar-refractivity contribution in [2.45, 2.75) is 19.8 Å². The van der Waals surface area contributed by atoms with Gasteiger partial charge in [-0.15, -0.1) is 0 Å². The molecule has 6 nitrogen and oxygen atoms in total. The molecule has 1 aromatic heterocycles. The Bertz CT molecular complexity index is 680. The molecule has 22 heavy (non-hydrogen) atoms. The number of halogens is 1. The van der Waals surface area contributed by atoms with Crippen LogP contribution in [-0.4, -0.2) is 31.9 Å². The van der Waals surface area contributed by atoms with Gasteiger partial charge >= 0.3 is 11.9 Å². The maximum atomic E-state index is 11.4. The fraction of sp³-hybridized carbons (Fsp3) is 0.267. The number of carboxylic acids is 2. The van der Waals surface area contributed by atoms with Gasteiger partial charge in [-0.2, -0.15) is 5.10 Å². The SMILES string of the molecule is CCC(Cc1cnn(-c2ccc(Cl)cc2)c1)(C(=O)O)C(=O)O. The van der Waals surface area contributed by atoms with Crippen LogP contribution in [0, 0.1) is 5.41 Å². The van der Waals surface area contributed by atoms with Gasteiger partial charge in [0.15, 0.2) is 5.41 Å². The van der Waals surface area contributed by atoms with E-state index in [9.17, 15) is 19.8 Å². The first-order chi connectivity index (χ1) is 10.4. The molecule has 0 saturated heterocycles. The molecule has 0 aliphatic rings. The van der Waals surface area contributed by atoms with E-state index in [1.807, 2.05) is 0 Å². The van der Waals surface area contributed by atoms with Crippen LogP contribution in [0.5, 0.6) is 0 Å². The quantitative estimate of drug-likeness (QED) is 0.797. The van der Waals surface area contributed by atoms with E-state index in [-0.39, 0.29) is 12.8 Å². The predicted molar refractivity (Wildman–Crippen MR) is 80.3 cm³/mol. The molecule has 0 amide bonds. The van der Waals surface area contributed by atoms with Gasteiger partial charge in [0.05, 0.1) is 11.9 Å². The Labute approximate surface area is 132 Å². The maximum Gasteiger partial charge on any atom is 0.321 e. The average Bonchev–Trinajstić information content (AvgIpc) is 2.93. The van der Waals surface area contributed by atoms with Gasteiger partial charge in [0, 0.05) is 17.6 Å². The molecule has 0 aliphatic carbocycles. The smallest absolute Gasteiger partial charge is 0.321 e. The molecule has 0 fully saturated rings. The van der Waals surface area contributed by atoms with Crippen molar-refractivity contribution in [2.75, 3.05) is 0 Å². The summed E-state index contributed by atoms with van der Waals surface area (Å²) in [6, 6.07) is 6.95. The summed E-state index contributed by atoms with van der Waals surface area (Å²) in [6.07, 6.45) is 2.97. The van der Waals surface area contributed by atoms with Gasteiger partial charge in [-0.05, 0) is 36.2 Å². The Morgan fingerprint density at radius 1 is 1.23 bits per heavy atom. The van der Waals surface area contributed by atoms with Crippen LogP contribution < -0.4 is 0 Å². The van der Waals surface area contributed by atoms with Crippen LogP contribution in [0.15, 0.2) is 36.7 Å². The highest BCUT2D eigenvalue weighted by atomic mass is 35.5. The van der Waals surface area contributed by atoms with Crippen LogP contribution in [0.3, 0.4) is 0 Å².